The molecule has 0 heterocycles. The molecular formula is C44H79O8P. The van der Waals surface area contributed by atoms with Gasteiger partial charge >= 0.3 is 19.8 Å². The van der Waals surface area contributed by atoms with Crippen LogP contribution in [-0.2, 0) is 32.7 Å². The minimum absolute atomic E-state index is 0.00425. The summed E-state index contributed by atoms with van der Waals surface area (Å²) in [6, 6.07) is 0. The highest BCUT2D eigenvalue weighted by Crippen LogP contribution is 2.43. The van der Waals surface area contributed by atoms with E-state index in [4.69, 9.17) is 18.5 Å². The van der Waals surface area contributed by atoms with E-state index >= 15 is 0 Å². The molecule has 1 N–H and O–H groups in total. The predicted molar refractivity (Wildman–Crippen MR) is 221 cm³/mol. The van der Waals surface area contributed by atoms with Crippen LogP contribution in [0.4, 0.5) is 0 Å². The van der Waals surface area contributed by atoms with Crippen LogP contribution in [0.1, 0.15) is 194 Å². The van der Waals surface area contributed by atoms with Crippen molar-refractivity contribution in [3.05, 3.63) is 48.6 Å². The van der Waals surface area contributed by atoms with E-state index in [1.54, 1.807) is 6.92 Å². The highest BCUT2D eigenvalue weighted by Gasteiger charge is 2.25. The fraction of sp³-hybridized carbons (Fsp3) is 0.773. The maximum absolute atomic E-state index is 12.5. The molecular weight excluding hydrogens is 687 g/mol. The molecule has 8 nitrogen and oxygen atoms in total. The Balaban J connectivity index is 4.12. The minimum Gasteiger partial charge on any atom is -0.462 e. The summed E-state index contributed by atoms with van der Waals surface area (Å²) in [5.74, 6) is -0.818. The average Bonchev–Trinajstić information content (AvgIpc) is 3.13. The highest BCUT2D eigenvalue weighted by atomic mass is 31.2. The number of ether oxygens (including phenoxy) is 2. The second-order valence-electron chi connectivity index (χ2n) is 14.0. The summed E-state index contributed by atoms with van der Waals surface area (Å²) in [6.07, 6.45) is 45.9. The van der Waals surface area contributed by atoms with Crippen molar-refractivity contribution in [2.45, 2.75) is 200 Å². The first-order chi connectivity index (χ1) is 25.8. The first kappa shape index (κ1) is 51.0. The Labute approximate surface area is 325 Å². The molecule has 0 saturated heterocycles. The van der Waals surface area contributed by atoms with Crippen LogP contribution in [0.15, 0.2) is 48.6 Å². The fourth-order valence-corrected chi connectivity index (χ4v) is 6.51. The largest absolute Gasteiger partial charge is 0.472 e. The number of phosphoric ester groups is 1. The molecule has 0 rings (SSSR count). The molecule has 0 aromatic rings. The number of hydrogen-bond acceptors (Lipinski definition) is 7. The zero-order chi connectivity index (χ0) is 38.9. The van der Waals surface area contributed by atoms with Crippen LogP contribution in [0.25, 0.3) is 0 Å². The predicted octanol–water partition coefficient (Wildman–Crippen LogP) is 13.4. The third kappa shape index (κ3) is 39.5. The molecule has 308 valence electrons. The standard InChI is InChI=1S/C44H79O8P/c1-4-7-9-11-13-15-17-19-21-23-25-27-29-31-33-35-37-39-44(46)52-42(41-51-53(47,48)50-6-3)40-49-43(45)38-36-34-32-30-28-26-24-22-20-18-16-14-12-10-8-5-2/h7,9,13,15,19,21-22,24,42H,4-6,8,10-12,14,16-18,20,23,25-41H2,1-3H3,(H,47,48)/b9-7-,15-13-,21-19-,24-22-. The second-order valence-corrected chi connectivity index (χ2v) is 15.4. The van der Waals surface area contributed by atoms with Crippen LogP contribution in [0, 0.1) is 0 Å². The normalized spacial score (nSPS) is 13.8. The van der Waals surface area contributed by atoms with Crippen molar-refractivity contribution < 1.29 is 37.6 Å². The molecule has 0 spiro atoms. The summed E-state index contributed by atoms with van der Waals surface area (Å²) >= 11 is 0. The Kier molecular flexibility index (Phi) is 38.2. The SMILES string of the molecule is CC/C=C\C/C=C\C/C=C\CCCCCCCCCC(=O)OC(COC(=O)CCCCCCC/C=C\CCCCCCCCC)COP(=O)(O)OCC. The van der Waals surface area contributed by atoms with Gasteiger partial charge in [-0.05, 0) is 77.6 Å². The molecule has 0 fully saturated rings. The Morgan fingerprint density at radius 2 is 0.962 bits per heavy atom. The van der Waals surface area contributed by atoms with Crippen LogP contribution in [0.5, 0.6) is 0 Å². The van der Waals surface area contributed by atoms with Gasteiger partial charge in [-0.25, -0.2) is 4.57 Å². The van der Waals surface area contributed by atoms with Crippen molar-refractivity contribution in [2.24, 2.45) is 0 Å². The summed E-state index contributed by atoms with van der Waals surface area (Å²) in [7, 11) is -4.28. The first-order valence-electron chi connectivity index (χ1n) is 21.4. The van der Waals surface area contributed by atoms with Gasteiger partial charge in [-0.2, -0.15) is 0 Å². The van der Waals surface area contributed by atoms with E-state index < -0.39 is 26.5 Å². The number of unbranched alkanes of at least 4 members (excludes halogenated alkanes) is 19. The summed E-state index contributed by atoms with van der Waals surface area (Å²) in [6.45, 7) is 5.34. The molecule has 0 aromatic heterocycles. The monoisotopic (exact) mass is 767 g/mol. The maximum Gasteiger partial charge on any atom is 0.472 e. The highest BCUT2D eigenvalue weighted by molar-refractivity contribution is 7.47. The van der Waals surface area contributed by atoms with Crippen LogP contribution < -0.4 is 0 Å². The first-order valence-corrected chi connectivity index (χ1v) is 22.9. The smallest absolute Gasteiger partial charge is 0.462 e. The van der Waals surface area contributed by atoms with Crippen molar-refractivity contribution in [1.29, 1.82) is 0 Å². The van der Waals surface area contributed by atoms with Crippen LogP contribution in [0.3, 0.4) is 0 Å². The molecule has 0 saturated carbocycles. The molecule has 9 heteroatoms. The Hall–Kier alpha value is -1.99. The molecule has 2 atom stereocenters. The summed E-state index contributed by atoms with van der Waals surface area (Å²) in [5, 5.41) is 0. The topological polar surface area (TPSA) is 108 Å². The van der Waals surface area contributed by atoms with Gasteiger partial charge in [0.2, 0.25) is 0 Å². The van der Waals surface area contributed by atoms with Gasteiger partial charge in [-0.15, -0.1) is 0 Å². The van der Waals surface area contributed by atoms with Crippen LogP contribution in [0.2, 0.25) is 0 Å². The van der Waals surface area contributed by atoms with Gasteiger partial charge in [-0.3, -0.25) is 18.6 Å². The summed E-state index contributed by atoms with van der Waals surface area (Å²) in [4.78, 5) is 34.7. The van der Waals surface area contributed by atoms with Gasteiger partial charge in [0, 0.05) is 12.8 Å². The Morgan fingerprint density at radius 3 is 1.47 bits per heavy atom. The fourth-order valence-electron chi connectivity index (χ4n) is 5.76. The third-order valence-electron chi connectivity index (χ3n) is 8.87. The van der Waals surface area contributed by atoms with E-state index in [0.717, 1.165) is 83.5 Å². The maximum atomic E-state index is 12.5. The molecule has 0 aliphatic rings. The average molecular weight is 767 g/mol. The third-order valence-corrected chi connectivity index (χ3v) is 9.93. The van der Waals surface area contributed by atoms with Crippen molar-refractivity contribution in [3.63, 3.8) is 0 Å². The Morgan fingerprint density at radius 1 is 0.528 bits per heavy atom. The van der Waals surface area contributed by atoms with Gasteiger partial charge in [0.15, 0.2) is 6.10 Å². The van der Waals surface area contributed by atoms with Gasteiger partial charge in [0.05, 0.1) is 13.2 Å². The lowest BCUT2D eigenvalue weighted by Gasteiger charge is -2.19. The van der Waals surface area contributed by atoms with E-state index in [-0.39, 0.29) is 32.0 Å². The van der Waals surface area contributed by atoms with E-state index in [0.29, 0.717) is 6.42 Å². The number of carbonyl (C=O) groups is 2. The molecule has 0 radical (unpaired) electrons. The molecule has 0 aliphatic heterocycles. The summed E-state index contributed by atoms with van der Waals surface area (Å²) < 4.78 is 32.6. The zero-order valence-electron chi connectivity index (χ0n) is 34.2. The summed E-state index contributed by atoms with van der Waals surface area (Å²) in [5.41, 5.74) is 0. The Bertz CT molecular complexity index is 1010. The number of phosphoric acid groups is 1. The minimum atomic E-state index is -4.28. The van der Waals surface area contributed by atoms with Crippen molar-refractivity contribution in [2.75, 3.05) is 19.8 Å². The van der Waals surface area contributed by atoms with Gasteiger partial charge in [0.1, 0.15) is 6.61 Å². The molecule has 2 unspecified atom stereocenters. The van der Waals surface area contributed by atoms with Crippen LogP contribution >= 0.6 is 7.82 Å². The number of carbonyl (C=O) groups excluding carboxylic acids is 2. The second kappa shape index (κ2) is 39.7. The zero-order valence-corrected chi connectivity index (χ0v) is 35.1. The van der Waals surface area contributed by atoms with Gasteiger partial charge in [-0.1, -0.05) is 152 Å². The number of allylic oxidation sites excluding steroid dienone is 8. The van der Waals surface area contributed by atoms with E-state index in [1.807, 2.05) is 0 Å². The molecule has 0 aromatic carbocycles. The molecule has 53 heavy (non-hydrogen) atoms. The number of hydrogen-bond donors (Lipinski definition) is 1. The lowest BCUT2D eigenvalue weighted by atomic mass is 10.1. The van der Waals surface area contributed by atoms with Crippen LogP contribution in [-0.4, -0.2) is 42.8 Å². The van der Waals surface area contributed by atoms with Crippen molar-refractivity contribution in [1.82, 2.24) is 0 Å². The van der Waals surface area contributed by atoms with E-state index in [2.05, 4.69) is 62.5 Å². The molecule has 0 aliphatic carbocycles. The van der Waals surface area contributed by atoms with Gasteiger partial charge in [0.25, 0.3) is 0 Å². The van der Waals surface area contributed by atoms with Gasteiger partial charge < -0.3 is 14.4 Å². The number of rotatable bonds is 39. The lowest BCUT2D eigenvalue weighted by Crippen LogP contribution is -2.29. The van der Waals surface area contributed by atoms with E-state index in [9.17, 15) is 19.0 Å². The van der Waals surface area contributed by atoms with Crippen molar-refractivity contribution in [3.8, 4) is 0 Å². The molecule has 0 bridgehead atoms. The quantitative estimate of drug-likeness (QED) is 0.0285. The van der Waals surface area contributed by atoms with E-state index in [1.165, 1.54) is 70.6 Å². The van der Waals surface area contributed by atoms with Crippen molar-refractivity contribution >= 4 is 19.8 Å². The lowest BCUT2D eigenvalue weighted by molar-refractivity contribution is -0.161. The number of esters is 2. The molecule has 0 amide bonds.